The molecule has 1 heterocycles. The highest BCUT2D eigenvalue weighted by Crippen LogP contribution is 2.43. The fraction of sp³-hybridized carbons (Fsp3) is 0.857. The number of hydrogen-bond acceptors (Lipinski definition) is 5. The predicted octanol–water partition coefficient (Wildman–Crippen LogP) is 1.83. The third-order valence-electron chi connectivity index (χ3n) is 4.28. The van der Waals surface area contributed by atoms with Crippen molar-refractivity contribution in [2.45, 2.75) is 51.7 Å². The second-order valence-corrected chi connectivity index (χ2v) is 5.19. The Labute approximate surface area is 113 Å². The van der Waals surface area contributed by atoms with Crippen LogP contribution >= 0.6 is 0 Å². The number of carbonyl (C=O) groups is 2. The van der Waals surface area contributed by atoms with E-state index in [1.807, 2.05) is 6.92 Å². The van der Waals surface area contributed by atoms with Crippen LogP contribution in [0.15, 0.2) is 0 Å². The Hall–Kier alpha value is -0.940. The second kappa shape index (κ2) is 5.59. The highest BCUT2D eigenvalue weighted by atomic mass is 16.7. The summed E-state index contributed by atoms with van der Waals surface area (Å²) in [6.07, 6.45) is 2.34. The van der Waals surface area contributed by atoms with Crippen LogP contribution in [0, 0.1) is 5.41 Å². The van der Waals surface area contributed by atoms with E-state index in [4.69, 9.17) is 14.2 Å². The van der Waals surface area contributed by atoms with Crippen LogP contribution in [0.1, 0.15) is 46.0 Å². The maximum atomic E-state index is 12.4. The number of hydrogen-bond donors (Lipinski definition) is 0. The lowest BCUT2D eigenvalue weighted by Crippen LogP contribution is -2.39. The molecule has 1 spiro atoms. The molecule has 1 atom stereocenters. The molecule has 0 aromatic rings. The Bertz CT molecular complexity index is 359. The van der Waals surface area contributed by atoms with Crippen molar-refractivity contribution in [3.63, 3.8) is 0 Å². The molecule has 1 aliphatic heterocycles. The van der Waals surface area contributed by atoms with Crippen LogP contribution in [-0.2, 0) is 23.8 Å². The van der Waals surface area contributed by atoms with Gasteiger partial charge in [-0.15, -0.1) is 0 Å². The molecule has 2 fully saturated rings. The zero-order valence-electron chi connectivity index (χ0n) is 11.7. The molecule has 0 aromatic carbocycles. The summed E-state index contributed by atoms with van der Waals surface area (Å²) in [6.45, 7) is 5.04. The van der Waals surface area contributed by atoms with Crippen molar-refractivity contribution in [1.29, 1.82) is 0 Å². The molecular formula is C14H22O5. The Morgan fingerprint density at radius 3 is 2.47 bits per heavy atom. The van der Waals surface area contributed by atoms with Crippen LogP contribution in [0.25, 0.3) is 0 Å². The minimum Gasteiger partial charge on any atom is -0.465 e. The van der Waals surface area contributed by atoms with Gasteiger partial charge in [0, 0.05) is 19.3 Å². The summed E-state index contributed by atoms with van der Waals surface area (Å²) in [5, 5.41) is 0. The van der Waals surface area contributed by atoms with E-state index in [1.54, 1.807) is 6.92 Å². The van der Waals surface area contributed by atoms with E-state index in [1.165, 1.54) is 0 Å². The number of Topliss-reactive ketones (excluding diaryl/α,β-unsaturated/α-hetero) is 1. The first-order valence-corrected chi connectivity index (χ1v) is 7.07. The molecule has 1 saturated heterocycles. The molecule has 1 saturated carbocycles. The van der Waals surface area contributed by atoms with Gasteiger partial charge in [-0.1, -0.05) is 6.92 Å². The molecule has 108 valence electrons. The zero-order valence-corrected chi connectivity index (χ0v) is 11.7. The minimum atomic E-state index is -1.01. The third kappa shape index (κ3) is 2.54. The van der Waals surface area contributed by atoms with Gasteiger partial charge in [0.05, 0.1) is 19.8 Å². The van der Waals surface area contributed by atoms with E-state index >= 15 is 0 Å². The van der Waals surface area contributed by atoms with Crippen LogP contribution < -0.4 is 0 Å². The molecule has 0 radical (unpaired) electrons. The summed E-state index contributed by atoms with van der Waals surface area (Å²) in [4.78, 5) is 24.6. The van der Waals surface area contributed by atoms with Crippen molar-refractivity contribution in [2.24, 2.45) is 5.41 Å². The fourth-order valence-corrected chi connectivity index (χ4v) is 3.00. The van der Waals surface area contributed by atoms with Gasteiger partial charge in [0.1, 0.15) is 11.2 Å². The van der Waals surface area contributed by atoms with Crippen molar-refractivity contribution in [3.8, 4) is 0 Å². The van der Waals surface area contributed by atoms with Gasteiger partial charge in [-0.25, -0.2) is 0 Å². The number of ether oxygens (including phenoxy) is 3. The monoisotopic (exact) mass is 270 g/mol. The van der Waals surface area contributed by atoms with E-state index in [-0.39, 0.29) is 5.78 Å². The van der Waals surface area contributed by atoms with Crippen molar-refractivity contribution < 1.29 is 23.8 Å². The van der Waals surface area contributed by atoms with Gasteiger partial charge in [-0.05, 0) is 19.8 Å². The lowest BCUT2D eigenvalue weighted by atomic mass is 9.77. The Kier molecular flexibility index (Phi) is 4.26. The Balaban J connectivity index is 2.19. The number of rotatable bonds is 3. The largest absolute Gasteiger partial charge is 0.465 e. The fourth-order valence-electron chi connectivity index (χ4n) is 3.00. The van der Waals surface area contributed by atoms with Crippen molar-refractivity contribution in [1.82, 2.24) is 0 Å². The molecule has 2 rings (SSSR count). The SMILES string of the molecule is CCOC(=O)C1(CC)CCC2(CCC1=O)OCCO2. The van der Waals surface area contributed by atoms with Gasteiger partial charge in [0.2, 0.25) is 0 Å². The summed E-state index contributed by atoms with van der Waals surface area (Å²) in [5.41, 5.74) is -1.01. The predicted molar refractivity (Wildman–Crippen MR) is 67.5 cm³/mol. The molecule has 2 aliphatic rings. The van der Waals surface area contributed by atoms with Crippen LogP contribution in [0.5, 0.6) is 0 Å². The van der Waals surface area contributed by atoms with Gasteiger partial charge < -0.3 is 14.2 Å². The maximum absolute atomic E-state index is 12.4. The third-order valence-corrected chi connectivity index (χ3v) is 4.28. The van der Waals surface area contributed by atoms with Gasteiger partial charge in [0.15, 0.2) is 5.79 Å². The van der Waals surface area contributed by atoms with Crippen molar-refractivity contribution in [2.75, 3.05) is 19.8 Å². The summed E-state index contributed by atoms with van der Waals surface area (Å²) in [7, 11) is 0. The summed E-state index contributed by atoms with van der Waals surface area (Å²) in [5.74, 6) is -1.08. The number of ketones is 1. The lowest BCUT2D eigenvalue weighted by molar-refractivity contribution is -0.169. The van der Waals surface area contributed by atoms with Crippen molar-refractivity contribution >= 4 is 11.8 Å². The molecule has 19 heavy (non-hydrogen) atoms. The molecular weight excluding hydrogens is 248 g/mol. The van der Waals surface area contributed by atoms with Gasteiger partial charge >= 0.3 is 5.97 Å². The van der Waals surface area contributed by atoms with E-state index in [0.717, 1.165) is 0 Å². The van der Waals surface area contributed by atoms with Crippen molar-refractivity contribution in [3.05, 3.63) is 0 Å². The van der Waals surface area contributed by atoms with Crippen LogP contribution in [0.2, 0.25) is 0 Å². The van der Waals surface area contributed by atoms with E-state index in [2.05, 4.69) is 0 Å². The average molecular weight is 270 g/mol. The Morgan fingerprint density at radius 2 is 1.89 bits per heavy atom. The summed E-state index contributed by atoms with van der Waals surface area (Å²) < 4.78 is 16.4. The lowest BCUT2D eigenvalue weighted by Gasteiger charge is -2.29. The van der Waals surface area contributed by atoms with Gasteiger partial charge in [0.25, 0.3) is 0 Å². The molecule has 1 aliphatic carbocycles. The number of esters is 1. The van der Waals surface area contributed by atoms with Gasteiger partial charge in [-0.3, -0.25) is 9.59 Å². The summed E-state index contributed by atoms with van der Waals surface area (Å²) >= 11 is 0. The minimum absolute atomic E-state index is 0.0376. The van der Waals surface area contributed by atoms with Gasteiger partial charge in [-0.2, -0.15) is 0 Å². The molecule has 0 N–H and O–H groups in total. The molecule has 0 bridgehead atoms. The normalized spacial score (nSPS) is 30.3. The summed E-state index contributed by atoms with van der Waals surface area (Å²) in [6, 6.07) is 0. The highest BCUT2D eigenvalue weighted by molar-refractivity contribution is 6.04. The molecule has 0 aromatic heterocycles. The molecule has 5 heteroatoms. The first-order valence-electron chi connectivity index (χ1n) is 7.07. The number of carbonyl (C=O) groups excluding carboxylic acids is 2. The molecule has 5 nitrogen and oxygen atoms in total. The zero-order chi connectivity index (χ0) is 13.9. The molecule has 0 amide bonds. The van der Waals surface area contributed by atoms with Crippen LogP contribution in [0.3, 0.4) is 0 Å². The first-order chi connectivity index (χ1) is 9.08. The van der Waals surface area contributed by atoms with E-state index < -0.39 is 17.2 Å². The smallest absolute Gasteiger partial charge is 0.319 e. The Morgan fingerprint density at radius 1 is 1.21 bits per heavy atom. The first kappa shape index (κ1) is 14.5. The molecule has 1 unspecified atom stereocenters. The quantitative estimate of drug-likeness (QED) is 0.578. The maximum Gasteiger partial charge on any atom is 0.319 e. The second-order valence-electron chi connectivity index (χ2n) is 5.19. The highest BCUT2D eigenvalue weighted by Gasteiger charge is 2.51. The van der Waals surface area contributed by atoms with E-state index in [9.17, 15) is 9.59 Å². The average Bonchev–Trinajstić information content (AvgIpc) is 2.81. The van der Waals surface area contributed by atoms with E-state index in [0.29, 0.717) is 51.9 Å². The van der Waals surface area contributed by atoms with Crippen LogP contribution in [0.4, 0.5) is 0 Å². The standard InChI is InChI=1S/C14H22O5/c1-3-13(12(16)17-4-2)7-8-14(6-5-11(13)15)18-9-10-19-14/h3-10H2,1-2H3. The van der Waals surface area contributed by atoms with Crippen LogP contribution in [-0.4, -0.2) is 37.4 Å². The topological polar surface area (TPSA) is 61.8 Å².